The van der Waals surface area contributed by atoms with E-state index in [4.69, 9.17) is 6.42 Å². The number of hydrogen-bond donors (Lipinski definition) is 0. The first-order chi connectivity index (χ1) is 6.83. The standard InChI is InChI=1S/C12H12BrN/c1-2-3-4-9-14-10-11-5-7-12(13)8-6-11/h1,5-8,10H,3-4,9H2/b14-10+. The Bertz CT molecular complexity index is 332. The van der Waals surface area contributed by atoms with Crippen LogP contribution in [0, 0.1) is 12.3 Å². The lowest BCUT2D eigenvalue weighted by atomic mass is 10.2. The van der Waals surface area contributed by atoms with Gasteiger partial charge < -0.3 is 0 Å². The van der Waals surface area contributed by atoms with Crippen molar-refractivity contribution in [3.8, 4) is 12.3 Å². The van der Waals surface area contributed by atoms with Crippen LogP contribution in [0.3, 0.4) is 0 Å². The van der Waals surface area contributed by atoms with Crippen molar-refractivity contribution in [1.82, 2.24) is 0 Å². The molecule has 0 atom stereocenters. The van der Waals surface area contributed by atoms with Gasteiger partial charge in [-0.15, -0.1) is 12.3 Å². The third kappa shape index (κ3) is 4.25. The molecule has 0 spiro atoms. The molecule has 0 aliphatic rings. The lowest BCUT2D eigenvalue weighted by molar-refractivity contribution is 0.874. The number of unbranched alkanes of at least 4 members (excludes halogenated alkanes) is 1. The number of benzene rings is 1. The van der Waals surface area contributed by atoms with Gasteiger partial charge in [-0.05, 0) is 24.1 Å². The first-order valence-corrected chi connectivity index (χ1v) is 5.31. The van der Waals surface area contributed by atoms with Crippen molar-refractivity contribution in [2.75, 3.05) is 6.54 Å². The first-order valence-electron chi connectivity index (χ1n) is 4.52. The van der Waals surface area contributed by atoms with E-state index in [-0.39, 0.29) is 0 Å². The average Bonchev–Trinajstić information content (AvgIpc) is 2.21. The molecule has 1 aromatic carbocycles. The summed E-state index contributed by atoms with van der Waals surface area (Å²) < 4.78 is 1.09. The lowest BCUT2D eigenvalue weighted by Gasteiger charge is -1.93. The Labute approximate surface area is 93.4 Å². The minimum Gasteiger partial charge on any atom is -0.293 e. The van der Waals surface area contributed by atoms with Gasteiger partial charge in [-0.25, -0.2) is 0 Å². The van der Waals surface area contributed by atoms with Gasteiger partial charge in [0.2, 0.25) is 0 Å². The van der Waals surface area contributed by atoms with E-state index >= 15 is 0 Å². The van der Waals surface area contributed by atoms with Crippen molar-refractivity contribution < 1.29 is 0 Å². The maximum Gasteiger partial charge on any atom is 0.0398 e. The second-order valence-electron chi connectivity index (χ2n) is 2.89. The maximum absolute atomic E-state index is 5.13. The molecule has 0 aromatic heterocycles. The number of nitrogens with zero attached hydrogens (tertiary/aromatic N) is 1. The highest BCUT2D eigenvalue weighted by Crippen LogP contribution is 2.08. The van der Waals surface area contributed by atoms with E-state index < -0.39 is 0 Å². The molecular formula is C12H12BrN. The van der Waals surface area contributed by atoms with Crippen LogP contribution in [0.4, 0.5) is 0 Å². The zero-order chi connectivity index (χ0) is 10.2. The molecule has 2 heteroatoms. The SMILES string of the molecule is C#CCCC/N=C/c1ccc(Br)cc1. The van der Waals surface area contributed by atoms with E-state index in [0.717, 1.165) is 29.4 Å². The summed E-state index contributed by atoms with van der Waals surface area (Å²) in [5, 5.41) is 0. The number of terminal acetylenes is 1. The molecule has 72 valence electrons. The van der Waals surface area contributed by atoms with Crippen molar-refractivity contribution >= 4 is 22.1 Å². The maximum atomic E-state index is 5.13. The van der Waals surface area contributed by atoms with Gasteiger partial charge >= 0.3 is 0 Å². The van der Waals surface area contributed by atoms with E-state index in [9.17, 15) is 0 Å². The highest BCUT2D eigenvalue weighted by atomic mass is 79.9. The van der Waals surface area contributed by atoms with E-state index in [1.165, 1.54) is 0 Å². The van der Waals surface area contributed by atoms with Crippen LogP contribution in [0.1, 0.15) is 18.4 Å². The molecule has 0 radical (unpaired) electrons. The highest BCUT2D eigenvalue weighted by Gasteiger charge is 1.87. The molecule has 0 unspecified atom stereocenters. The third-order valence-corrected chi connectivity index (χ3v) is 2.25. The molecular weight excluding hydrogens is 238 g/mol. The fourth-order valence-corrected chi connectivity index (χ4v) is 1.26. The van der Waals surface area contributed by atoms with Crippen LogP contribution in [0.5, 0.6) is 0 Å². The average molecular weight is 250 g/mol. The van der Waals surface area contributed by atoms with Crippen LogP contribution in [0.15, 0.2) is 33.7 Å². The van der Waals surface area contributed by atoms with Crippen LogP contribution >= 0.6 is 15.9 Å². The second kappa shape index (κ2) is 6.39. The summed E-state index contributed by atoms with van der Waals surface area (Å²) in [6.07, 6.45) is 8.77. The van der Waals surface area contributed by atoms with Crippen molar-refractivity contribution in [2.45, 2.75) is 12.8 Å². The van der Waals surface area contributed by atoms with Gasteiger partial charge in [0.05, 0.1) is 0 Å². The molecule has 0 heterocycles. The zero-order valence-electron chi connectivity index (χ0n) is 7.91. The Hall–Kier alpha value is -1.07. The molecule has 0 saturated carbocycles. The van der Waals surface area contributed by atoms with E-state index in [1.54, 1.807) is 0 Å². The minimum absolute atomic E-state index is 0.803. The van der Waals surface area contributed by atoms with Crippen molar-refractivity contribution in [1.29, 1.82) is 0 Å². The topological polar surface area (TPSA) is 12.4 Å². The van der Waals surface area contributed by atoms with E-state index in [1.807, 2.05) is 30.5 Å². The number of halogens is 1. The van der Waals surface area contributed by atoms with Crippen LogP contribution in [0.25, 0.3) is 0 Å². The summed E-state index contributed by atoms with van der Waals surface area (Å²) >= 11 is 3.38. The summed E-state index contributed by atoms with van der Waals surface area (Å²) in [5.41, 5.74) is 1.12. The fraction of sp³-hybridized carbons (Fsp3) is 0.250. The highest BCUT2D eigenvalue weighted by molar-refractivity contribution is 9.10. The van der Waals surface area contributed by atoms with E-state index in [0.29, 0.717) is 0 Å². The first kappa shape index (κ1) is 11.0. The molecule has 0 fully saturated rings. The molecule has 0 aliphatic carbocycles. The Morgan fingerprint density at radius 3 is 2.71 bits per heavy atom. The minimum atomic E-state index is 0.803. The number of aliphatic imine (C=N–C) groups is 1. The van der Waals surface area contributed by atoms with Crippen LogP contribution in [-0.4, -0.2) is 12.8 Å². The summed E-state index contributed by atoms with van der Waals surface area (Å²) in [6.45, 7) is 0.806. The predicted molar refractivity (Wildman–Crippen MR) is 64.7 cm³/mol. The summed E-state index contributed by atoms with van der Waals surface area (Å²) in [6, 6.07) is 8.05. The molecule has 1 nitrogen and oxygen atoms in total. The van der Waals surface area contributed by atoms with Gasteiger partial charge in [0.25, 0.3) is 0 Å². The van der Waals surface area contributed by atoms with Crippen LogP contribution in [0.2, 0.25) is 0 Å². The van der Waals surface area contributed by atoms with Crippen LogP contribution < -0.4 is 0 Å². The number of hydrogen-bond acceptors (Lipinski definition) is 1. The monoisotopic (exact) mass is 249 g/mol. The van der Waals surface area contributed by atoms with Crippen molar-refractivity contribution in [2.24, 2.45) is 4.99 Å². The molecule has 0 bridgehead atoms. The van der Waals surface area contributed by atoms with Gasteiger partial charge in [0.15, 0.2) is 0 Å². The quantitative estimate of drug-likeness (QED) is 0.441. The fourth-order valence-electron chi connectivity index (χ4n) is 0.991. The Balaban J connectivity index is 2.37. The predicted octanol–water partition coefficient (Wildman–Crippen LogP) is 3.28. The number of rotatable bonds is 4. The van der Waals surface area contributed by atoms with Gasteiger partial charge in [-0.3, -0.25) is 4.99 Å². The Kier molecular flexibility index (Phi) is 5.03. The molecule has 1 aromatic rings. The second-order valence-corrected chi connectivity index (χ2v) is 3.81. The summed E-state index contributed by atoms with van der Waals surface area (Å²) in [4.78, 5) is 4.27. The normalized spacial score (nSPS) is 10.3. The summed E-state index contributed by atoms with van der Waals surface area (Å²) in [5.74, 6) is 2.59. The van der Waals surface area contributed by atoms with Gasteiger partial charge in [0.1, 0.15) is 0 Å². The summed E-state index contributed by atoms with van der Waals surface area (Å²) in [7, 11) is 0. The lowest BCUT2D eigenvalue weighted by Crippen LogP contribution is -1.84. The largest absolute Gasteiger partial charge is 0.293 e. The third-order valence-electron chi connectivity index (χ3n) is 1.72. The Morgan fingerprint density at radius 1 is 1.36 bits per heavy atom. The molecule has 0 saturated heterocycles. The smallest absolute Gasteiger partial charge is 0.0398 e. The molecule has 14 heavy (non-hydrogen) atoms. The molecule has 0 N–H and O–H groups in total. The Morgan fingerprint density at radius 2 is 2.07 bits per heavy atom. The van der Waals surface area contributed by atoms with Crippen LogP contribution in [-0.2, 0) is 0 Å². The molecule has 1 rings (SSSR count). The van der Waals surface area contributed by atoms with Gasteiger partial charge in [-0.2, -0.15) is 0 Å². The molecule has 0 amide bonds. The van der Waals surface area contributed by atoms with Crippen molar-refractivity contribution in [3.05, 3.63) is 34.3 Å². The van der Waals surface area contributed by atoms with Gasteiger partial charge in [-0.1, -0.05) is 28.1 Å². The van der Waals surface area contributed by atoms with Gasteiger partial charge in [0, 0.05) is 23.7 Å². The zero-order valence-corrected chi connectivity index (χ0v) is 9.50. The molecule has 0 aliphatic heterocycles. The van der Waals surface area contributed by atoms with Crippen molar-refractivity contribution in [3.63, 3.8) is 0 Å². The van der Waals surface area contributed by atoms with E-state index in [2.05, 4.69) is 26.8 Å².